The zero-order valence-corrected chi connectivity index (χ0v) is 17.3. The third-order valence-electron chi connectivity index (χ3n) is 5.29. The maximum absolute atomic E-state index is 12.0. The molecule has 0 unspecified atom stereocenters. The minimum absolute atomic E-state index is 0.179. The van der Waals surface area contributed by atoms with Gasteiger partial charge in [-0.3, -0.25) is 9.79 Å². The molecule has 1 aliphatic heterocycles. The molecule has 1 saturated heterocycles. The van der Waals surface area contributed by atoms with Crippen molar-refractivity contribution >= 4 is 22.8 Å². The van der Waals surface area contributed by atoms with Crippen LogP contribution in [0, 0.1) is 11.8 Å². The van der Waals surface area contributed by atoms with E-state index >= 15 is 0 Å². The van der Waals surface area contributed by atoms with Gasteiger partial charge in [-0.1, -0.05) is 37.7 Å². The second-order valence-electron chi connectivity index (χ2n) is 7.87. The lowest BCUT2D eigenvalue weighted by molar-refractivity contribution is -0.128. The minimum atomic E-state index is -0.984. The van der Waals surface area contributed by atoms with Gasteiger partial charge in [0.05, 0.1) is 25.2 Å². The molecular formula is C20H29N3O4S. The molecule has 1 saturated carbocycles. The largest absolute Gasteiger partial charge is 0.497 e. The molecule has 7 nitrogen and oxygen atoms in total. The molecule has 0 aromatic heterocycles. The summed E-state index contributed by atoms with van der Waals surface area (Å²) < 4.78 is 5.22. The van der Waals surface area contributed by atoms with Gasteiger partial charge in [-0.15, -0.1) is 0 Å². The van der Waals surface area contributed by atoms with Crippen molar-refractivity contribution in [2.24, 2.45) is 22.6 Å². The van der Waals surface area contributed by atoms with Crippen molar-refractivity contribution in [1.82, 2.24) is 4.90 Å². The molecule has 3 rings (SSSR count). The average Bonchev–Trinajstić information content (AvgIpc) is 3.01. The SMILES string of the molecule is COc1ccc(CN2C(=NCC(C)C)S[C@H]3[C@H]2[C@@H](O)[C@H](O)C[C@@H]3C(N)=O)cc1. The fourth-order valence-electron chi connectivity index (χ4n) is 3.79. The van der Waals surface area contributed by atoms with Gasteiger partial charge in [-0.25, -0.2) is 0 Å². The monoisotopic (exact) mass is 407 g/mol. The lowest BCUT2D eigenvalue weighted by Crippen LogP contribution is -2.58. The number of thioether (sulfide) groups is 1. The third-order valence-corrected chi connectivity index (χ3v) is 6.74. The van der Waals surface area contributed by atoms with Crippen LogP contribution < -0.4 is 10.5 Å². The molecule has 1 aliphatic carbocycles. The molecule has 4 N–H and O–H groups in total. The highest BCUT2D eigenvalue weighted by molar-refractivity contribution is 8.14. The van der Waals surface area contributed by atoms with Crippen molar-refractivity contribution in [2.45, 2.75) is 50.3 Å². The molecular weight excluding hydrogens is 378 g/mol. The number of nitrogens with zero attached hydrogens (tertiary/aromatic N) is 2. The summed E-state index contributed by atoms with van der Waals surface area (Å²) in [6.45, 7) is 5.36. The second kappa shape index (κ2) is 8.71. The Morgan fingerprint density at radius 3 is 2.61 bits per heavy atom. The summed E-state index contributed by atoms with van der Waals surface area (Å²) >= 11 is 1.49. The van der Waals surface area contributed by atoms with E-state index in [4.69, 9.17) is 15.5 Å². The van der Waals surface area contributed by atoms with Crippen molar-refractivity contribution < 1.29 is 19.7 Å². The minimum Gasteiger partial charge on any atom is -0.497 e. The predicted octanol–water partition coefficient (Wildman–Crippen LogP) is 1.22. The van der Waals surface area contributed by atoms with Gasteiger partial charge in [0.25, 0.3) is 0 Å². The Hall–Kier alpha value is -1.77. The fraction of sp³-hybridized carbons (Fsp3) is 0.600. The van der Waals surface area contributed by atoms with E-state index in [9.17, 15) is 15.0 Å². The van der Waals surface area contributed by atoms with Crippen LogP contribution in [0.2, 0.25) is 0 Å². The first-order valence-corrected chi connectivity index (χ1v) is 10.5. The molecule has 2 fully saturated rings. The number of hydrogen-bond acceptors (Lipinski definition) is 6. The number of carbonyl (C=O) groups is 1. The molecule has 0 spiro atoms. The third kappa shape index (κ3) is 4.29. The van der Waals surface area contributed by atoms with Crippen LogP contribution in [0.5, 0.6) is 5.75 Å². The van der Waals surface area contributed by atoms with Crippen LogP contribution in [-0.2, 0) is 11.3 Å². The van der Waals surface area contributed by atoms with Gasteiger partial charge in [-0.05, 0) is 30.0 Å². The highest BCUT2D eigenvalue weighted by Gasteiger charge is 2.54. The smallest absolute Gasteiger partial charge is 0.221 e. The number of rotatable bonds is 6. The number of aliphatic hydroxyl groups is 2. The number of ether oxygens (including phenoxy) is 1. The predicted molar refractivity (Wildman–Crippen MR) is 110 cm³/mol. The molecule has 8 heteroatoms. The first-order valence-electron chi connectivity index (χ1n) is 9.58. The number of benzene rings is 1. The summed E-state index contributed by atoms with van der Waals surface area (Å²) in [4.78, 5) is 18.8. The van der Waals surface area contributed by atoms with E-state index in [0.29, 0.717) is 19.0 Å². The summed E-state index contributed by atoms with van der Waals surface area (Å²) in [7, 11) is 1.62. The van der Waals surface area contributed by atoms with E-state index in [1.165, 1.54) is 11.8 Å². The van der Waals surface area contributed by atoms with Crippen molar-refractivity contribution in [2.75, 3.05) is 13.7 Å². The number of hydrogen-bond donors (Lipinski definition) is 3. The van der Waals surface area contributed by atoms with Gasteiger partial charge in [0.2, 0.25) is 5.91 Å². The summed E-state index contributed by atoms with van der Waals surface area (Å²) in [6.07, 6.45) is -1.77. The number of aliphatic imine (C=N–C) groups is 1. The van der Waals surface area contributed by atoms with Gasteiger partial charge < -0.3 is 25.6 Å². The summed E-state index contributed by atoms with van der Waals surface area (Å²) in [5.74, 6) is 0.218. The number of nitrogens with two attached hydrogens (primary N) is 1. The fourth-order valence-corrected chi connectivity index (χ4v) is 5.36. The van der Waals surface area contributed by atoms with Crippen molar-refractivity contribution in [3.8, 4) is 5.75 Å². The van der Waals surface area contributed by atoms with Crippen LogP contribution in [0.1, 0.15) is 25.8 Å². The lowest BCUT2D eigenvalue weighted by atomic mass is 9.80. The number of carbonyl (C=O) groups excluding carboxylic acids is 1. The Kier molecular flexibility index (Phi) is 6.52. The van der Waals surface area contributed by atoms with Crippen LogP contribution in [-0.4, -0.2) is 63.3 Å². The van der Waals surface area contributed by atoms with Crippen LogP contribution >= 0.6 is 11.8 Å². The van der Waals surface area contributed by atoms with E-state index < -0.39 is 30.1 Å². The highest BCUT2D eigenvalue weighted by Crippen LogP contribution is 2.44. The van der Waals surface area contributed by atoms with Crippen molar-refractivity contribution in [1.29, 1.82) is 0 Å². The maximum atomic E-state index is 12.0. The van der Waals surface area contributed by atoms with Gasteiger partial charge in [-0.2, -0.15) is 0 Å². The van der Waals surface area contributed by atoms with Crippen molar-refractivity contribution in [3.05, 3.63) is 29.8 Å². The van der Waals surface area contributed by atoms with E-state index in [2.05, 4.69) is 13.8 Å². The number of amides is 1. The molecule has 1 aromatic rings. The summed E-state index contributed by atoms with van der Waals surface area (Å²) in [6, 6.07) is 7.29. The number of amidine groups is 1. The molecule has 154 valence electrons. The van der Waals surface area contributed by atoms with Crippen LogP contribution in [0.4, 0.5) is 0 Å². The molecule has 2 aliphatic rings. The Morgan fingerprint density at radius 2 is 2.04 bits per heavy atom. The maximum Gasteiger partial charge on any atom is 0.221 e. The first-order chi connectivity index (χ1) is 13.3. The van der Waals surface area contributed by atoms with Crippen molar-refractivity contribution in [3.63, 3.8) is 0 Å². The number of aliphatic hydroxyl groups excluding tert-OH is 2. The second-order valence-corrected chi connectivity index (χ2v) is 9.01. The van der Waals surface area contributed by atoms with E-state index in [-0.39, 0.29) is 11.7 Å². The molecule has 28 heavy (non-hydrogen) atoms. The van der Waals surface area contributed by atoms with Crippen LogP contribution in [0.25, 0.3) is 0 Å². The summed E-state index contributed by atoms with van der Waals surface area (Å²) in [5.41, 5.74) is 6.64. The van der Waals surface area contributed by atoms with Crippen LogP contribution in [0.15, 0.2) is 29.3 Å². The Bertz CT molecular complexity index is 725. The zero-order chi connectivity index (χ0) is 20.4. The lowest BCUT2D eigenvalue weighted by Gasteiger charge is -2.41. The zero-order valence-electron chi connectivity index (χ0n) is 16.5. The standard InChI is InChI=1S/C20H29N3O4S/c1-11(2)9-22-20-23(10-12-4-6-13(27-3)7-5-12)16-17(25)15(24)8-14(19(21)26)18(16)28-20/h4-7,11,14-18,24-25H,8-10H2,1-3H3,(H2,21,26)/t14-,15+,16+,17-,18+/m0/s1. The molecule has 1 aromatic carbocycles. The molecule has 0 radical (unpaired) electrons. The van der Waals surface area contributed by atoms with Gasteiger partial charge in [0.1, 0.15) is 11.9 Å². The van der Waals surface area contributed by atoms with Gasteiger partial charge in [0.15, 0.2) is 5.17 Å². The quantitative estimate of drug-likeness (QED) is 0.654. The van der Waals surface area contributed by atoms with Crippen LogP contribution in [0.3, 0.4) is 0 Å². The molecule has 1 heterocycles. The van der Waals surface area contributed by atoms with Gasteiger partial charge >= 0.3 is 0 Å². The number of primary amides is 1. The molecule has 0 bridgehead atoms. The van der Waals surface area contributed by atoms with E-state index in [1.54, 1.807) is 7.11 Å². The summed E-state index contributed by atoms with van der Waals surface area (Å²) in [5, 5.41) is 21.7. The Morgan fingerprint density at radius 1 is 1.36 bits per heavy atom. The Balaban J connectivity index is 1.93. The number of methoxy groups -OCH3 is 1. The topological polar surface area (TPSA) is 108 Å². The van der Waals surface area contributed by atoms with E-state index in [1.807, 2.05) is 29.2 Å². The Labute approximate surface area is 170 Å². The average molecular weight is 408 g/mol. The molecule has 5 atom stereocenters. The number of fused-ring (bicyclic) bond motifs is 1. The first kappa shape index (κ1) is 21.0. The molecule has 1 amide bonds. The van der Waals surface area contributed by atoms with E-state index in [0.717, 1.165) is 16.5 Å². The van der Waals surface area contributed by atoms with Gasteiger partial charge in [0, 0.05) is 18.3 Å². The normalized spacial score (nSPS) is 31.3. The highest BCUT2D eigenvalue weighted by atomic mass is 32.2.